The van der Waals surface area contributed by atoms with E-state index in [0.29, 0.717) is 25.2 Å². The number of unbranched alkanes of at least 4 members (excludes halogenated alkanes) is 1. The van der Waals surface area contributed by atoms with Crippen LogP contribution in [0.3, 0.4) is 0 Å². The van der Waals surface area contributed by atoms with Crippen LogP contribution in [0.25, 0.3) is 0 Å². The maximum atomic E-state index is 12.8. The lowest BCUT2D eigenvalue weighted by Gasteiger charge is -2.09. The molecule has 26 heavy (non-hydrogen) atoms. The summed E-state index contributed by atoms with van der Waals surface area (Å²) < 4.78 is 32.4. The number of anilines is 1. The monoisotopic (exact) mass is 365 g/mol. The van der Waals surface area contributed by atoms with Crippen LogP contribution in [0.4, 0.5) is 19.4 Å². The zero-order valence-corrected chi connectivity index (χ0v) is 15.4. The Balaban J connectivity index is 1.75. The molecule has 0 bridgehead atoms. The average molecular weight is 365 g/mol. The van der Waals surface area contributed by atoms with Gasteiger partial charge in [0.2, 0.25) is 5.92 Å². The van der Waals surface area contributed by atoms with Crippen LogP contribution in [-0.4, -0.2) is 21.8 Å². The molecule has 1 heterocycles. The van der Waals surface area contributed by atoms with Crippen LogP contribution in [0.5, 0.6) is 0 Å². The van der Waals surface area contributed by atoms with E-state index >= 15 is 0 Å². The molecule has 142 valence electrons. The number of aryl methyl sites for hydroxylation is 3. The molecule has 7 heteroatoms. The molecule has 0 fully saturated rings. The van der Waals surface area contributed by atoms with Gasteiger partial charge in [-0.25, -0.2) is 13.6 Å². The van der Waals surface area contributed by atoms with Crippen molar-refractivity contribution in [1.82, 2.24) is 9.78 Å². The van der Waals surface area contributed by atoms with Crippen LogP contribution in [0, 0.1) is 13.8 Å². The standard InChI is InChI=1S/C19H25F2N3O2/c1-14-6-7-15(2)16(12-14)13-26-18(25)22-17-8-11-24(23-17)10-5-4-9-19(3,20)21/h6-8,11-12H,4-5,9-10,13H2,1-3H3,(H,22,23,25). The largest absolute Gasteiger partial charge is 0.444 e. The van der Waals surface area contributed by atoms with E-state index in [1.807, 2.05) is 32.0 Å². The fraction of sp³-hybridized carbons (Fsp3) is 0.474. The van der Waals surface area contributed by atoms with Crippen LogP contribution in [0.15, 0.2) is 30.5 Å². The maximum absolute atomic E-state index is 12.8. The summed E-state index contributed by atoms with van der Waals surface area (Å²) in [6, 6.07) is 7.62. The van der Waals surface area contributed by atoms with Gasteiger partial charge in [-0.15, -0.1) is 0 Å². The number of alkyl halides is 2. The van der Waals surface area contributed by atoms with Gasteiger partial charge in [-0.05, 0) is 44.7 Å². The highest BCUT2D eigenvalue weighted by atomic mass is 19.3. The van der Waals surface area contributed by atoms with Gasteiger partial charge in [-0.3, -0.25) is 10.00 Å². The highest BCUT2D eigenvalue weighted by molar-refractivity contribution is 5.83. The second kappa shape index (κ2) is 8.78. The summed E-state index contributed by atoms with van der Waals surface area (Å²) in [6.07, 6.45) is 2.00. The number of ether oxygens (including phenoxy) is 1. The van der Waals surface area contributed by atoms with E-state index in [9.17, 15) is 13.6 Å². The molecule has 2 aromatic rings. The number of nitrogens with one attached hydrogen (secondary N) is 1. The van der Waals surface area contributed by atoms with E-state index in [-0.39, 0.29) is 13.0 Å². The summed E-state index contributed by atoms with van der Waals surface area (Å²) in [5.41, 5.74) is 3.12. The first-order chi connectivity index (χ1) is 12.2. The van der Waals surface area contributed by atoms with Crippen molar-refractivity contribution < 1.29 is 18.3 Å². The Bertz CT molecular complexity index is 739. The number of hydrogen-bond donors (Lipinski definition) is 1. The Labute approximate surface area is 152 Å². The SMILES string of the molecule is Cc1ccc(C)c(COC(=O)Nc2ccn(CCCCC(C)(F)F)n2)c1. The second-order valence-corrected chi connectivity index (χ2v) is 6.62. The van der Waals surface area contributed by atoms with Crippen LogP contribution in [-0.2, 0) is 17.9 Å². The molecule has 0 unspecified atom stereocenters. The number of halogens is 2. The van der Waals surface area contributed by atoms with E-state index in [2.05, 4.69) is 10.4 Å². The van der Waals surface area contributed by atoms with E-state index in [1.54, 1.807) is 16.9 Å². The molecule has 0 aliphatic heterocycles. The zero-order valence-electron chi connectivity index (χ0n) is 15.4. The summed E-state index contributed by atoms with van der Waals surface area (Å²) in [6.45, 7) is 5.58. The summed E-state index contributed by atoms with van der Waals surface area (Å²) in [7, 11) is 0. The quantitative estimate of drug-likeness (QED) is 0.664. The molecule has 0 saturated heterocycles. The maximum Gasteiger partial charge on any atom is 0.413 e. The third kappa shape index (κ3) is 6.82. The van der Waals surface area contributed by atoms with Gasteiger partial charge in [0.1, 0.15) is 6.61 Å². The smallest absolute Gasteiger partial charge is 0.413 e. The van der Waals surface area contributed by atoms with Crippen molar-refractivity contribution in [2.24, 2.45) is 0 Å². The lowest BCUT2D eigenvalue weighted by molar-refractivity contribution is 0.0102. The number of carbonyl (C=O) groups is 1. The zero-order chi connectivity index (χ0) is 19.2. The van der Waals surface area contributed by atoms with Gasteiger partial charge in [0.15, 0.2) is 5.82 Å². The minimum Gasteiger partial charge on any atom is -0.444 e. The van der Waals surface area contributed by atoms with Crippen molar-refractivity contribution in [3.63, 3.8) is 0 Å². The Hall–Kier alpha value is -2.44. The minimum absolute atomic E-state index is 0.135. The number of rotatable bonds is 8. The molecular weight excluding hydrogens is 340 g/mol. The Morgan fingerprint density at radius 1 is 1.27 bits per heavy atom. The van der Waals surface area contributed by atoms with Gasteiger partial charge >= 0.3 is 6.09 Å². The van der Waals surface area contributed by atoms with E-state index in [1.165, 1.54) is 0 Å². The van der Waals surface area contributed by atoms with Crippen molar-refractivity contribution in [1.29, 1.82) is 0 Å². The molecular formula is C19H25F2N3O2. The first-order valence-corrected chi connectivity index (χ1v) is 8.64. The summed E-state index contributed by atoms with van der Waals surface area (Å²) >= 11 is 0. The molecule has 1 aromatic heterocycles. The average Bonchev–Trinajstić information content (AvgIpc) is 2.99. The minimum atomic E-state index is -2.63. The number of hydrogen-bond acceptors (Lipinski definition) is 3. The molecule has 0 saturated carbocycles. The lowest BCUT2D eigenvalue weighted by Crippen LogP contribution is -2.14. The topological polar surface area (TPSA) is 56.1 Å². The van der Waals surface area contributed by atoms with Gasteiger partial charge in [0, 0.05) is 25.2 Å². The fourth-order valence-corrected chi connectivity index (χ4v) is 2.50. The molecule has 0 radical (unpaired) electrons. The Morgan fingerprint density at radius 2 is 2.04 bits per heavy atom. The van der Waals surface area contributed by atoms with Crippen molar-refractivity contribution >= 4 is 11.9 Å². The number of benzene rings is 1. The number of nitrogens with zero attached hydrogens (tertiary/aromatic N) is 2. The van der Waals surface area contributed by atoms with E-state index < -0.39 is 12.0 Å². The number of amides is 1. The summed E-state index contributed by atoms with van der Waals surface area (Å²) in [4.78, 5) is 11.9. The number of carbonyl (C=O) groups excluding carboxylic acids is 1. The van der Waals surface area contributed by atoms with Crippen molar-refractivity contribution in [2.75, 3.05) is 5.32 Å². The molecule has 1 amide bonds. The molecule has 0 spiro atoms. The highest BCUT2D eigenvalue weighted by Crippen LogP contribution is 2.20. The molecule has 0 aliphatic rings. The van der Waals surface area contributed by atoms with Crippen LogP contribution in [0.2, 0.25) is 0 Å². The Kier molecular flexibility index (Phi) is 6.71. The second-order valence-electron chi connectivity index (χ2n) is 6.62. The van der Waals surface area contributed by atoms with Gasteiger partial charge in [0.05, 0.1) is 0 Å². The van der Waals surface area contributed by atoms with Crippen molar-refractivity contribution in [3.05, 3.63) is 47.2 Å². The predicted molar refractivity (Wildman–Crippen MR) is 96.4 cm³/mol. The van der Waals surface area contributed by atoms with Gasteiger partial charge in [-0.2, -0.15) is 5.10 Å². The van der Waals surface area contributed by atoms with Crippen LogP contribution < -0.4 is 5.32 Å². The molecule has 0 atom stereocenters. The van der Waals surface area contributed by atoms with Crippen LogP contribution >= 0.6 is 0 Å². The number of aromatic nitrogens is 2. The Morgan fingerprint density at radius 3 is 2.77 bits per heavy atom. The van der Waals surface area contributed by atoms with Gasteiger partial charge in [0.25, 0.3) is 0 Å². The molecule has 0 aliphatic carbocycles. The third-order valence-electron chi connectivity index (χ3n) is 3.99. The third-order valence-corrected chi connectivity index (χ3v) is 3.99. The lowest BCUT2D eigenvalue weighted by atomic mass is 10.1. The first kappa shape index (κ1) is 19.9. The summed E-state index contributed by atoms with van der Waals surface area (Å²) in [5, 5.41) is 6.76. The molecule has 5 nitrogen and oxygen atoms in total. The summed E-state index contributed by atoms with van der Waals surface area (Å²) in [5.74, 6) is -2.26. The van der Waals surface area contributed by atoms with Crippen molar-refractivity contribution in [3.8, 4) is 0 Å². The molecule has 1 N–H and O–H groups in total. The van der Waals surface area contributed by atoms with E-state index in [4.69, 9.17) is 4.74 Å². The van der Waals surface area contributed by atoms with E-state index in [0.717, 1.165) is 23.6 Å². The van der Waals surface area contributed by atoms with Gasteiger partial charge in [-0.1, -0.05) is 23.8 Å². The fourth-order valence-electron chi connectivity index (χ4n) is 2.50. The van der Waals surface area contributed by atoms with Crippen molar-refractivity contribution in [2.45, 2.75) is 59.1 Å². The molecule has 1 aromatic carbocycles. The predicted octanol–water partition coefficient (Wildman–Crippen LogP) is 5.07. The normalized spacial score (nSPS) is 11.4. The highest BCUT2D eigenvalue weighted by Gasteiger charge is 2.19. The molecule has 2 rings (SSSR count). The first-order valence-electron chi connectivity index (χ1n) is 8.64. The van der Waals surface area contributed by atoms with Crippen LogP contribution in [0.1, 0.15) is 42.9 Å². The van der Waals surface area contributed by atoms with Gasteiger partial charge < -0.3 is 4.74 Å².